The van der Waals surface area contributed by atoms with Gasteiger partial charge < -0.3 is 15.9 Å². The Labute approximate surface area is 39.5 Å². The van der Waals surface area contributed by atoms with Crippen LogP contribution in [0.5, 0.6) is 0 Å². The maximum atomic E-state index is 9.22. The largest absolute Gasteiger partial charge is 0.496 e. The smallest absolute Gasteiger partial charge is 0.344 e. The number of hydrogen-bond donors (Lipinski definition) is 4. The molecule has 0 aromatic carbocycles. The molecule has 7 heavy (non-hydrogen) atoms. The van der Waals surface area contributed by atoms with Gasteiger partial charge in [-0.2, -0.15) is 0 Å². The molecule has 0 aromatic heterocycles. The van der Waals surface area contributed by atoms with Crippen LogP contribution in [0.1, 0.15) is 0 Å². The zero-order chi connectivity index (χ0) is 5.21. The van der Waals surface area contributed by atoms with Crippen LogP contribution >= 0.6 is 7.82 Å². The molecule has 6 nitrogen and oxygen atoms in total. The van der Waals surface area contributed by atoms with Gasteiger partial charge >= 0.3 is 7.82 Å². The van der Waals surface area contributed by atoms with E-state index >= 15 is 0 Å². The average molecular weight is 131 g/mol. The normalized spacial score (nSPS) is 10.1. The Hall–Kier alpha value is 0.0300. The summed E-state index contributed by atoms with van der Waals surface area (Å²) >= 11 is 0. The van der Waals surface area contributed by atoms with Crippen LogP contribution in [0, 0.1) is 0 Å². The summed E-state index contributed by atoms with van der Waals surface area (Å²) in [6.07, 6.45) is 0. The number of phosphoric acid groups is 1. The van der Waals surface area contributed by atoms with Crippen LogP contribution in [-0.4, -0.2) is 15.0 Å². The highest BCUT2D eigenvalue weighted by Gasteiger charge is 2.10. The third-order valence-corrected chi connectivity index (χ3v) is 0.319. The molecule has 0 amide bonds. The first-order valence-corrected chi connectivity index (χ1v) is 2.48. The summed E-state index contributed by atoms with van der Waals surface area (Å²) in [4.78, 5) is 14.9. The minimum Gasteiger partial charge on any atom is -0.344 e. The molecule has 0 aliphatic rings. The molecule has 0 unspecified atom stereocenters. The molecule has 0 aromatic rings. The first kappa shape index (κ1) is 10.1. The summed E-state index contributed by atoms with van der Waals surface area (Å²) < 4.78 is 11.8. The van der Waals surface area contributed by atoms with E-state index in [-0.39, 0.29) is 6.15 Å². The van der Waals surface area contributed by atoms with E-state index in [1.807, 2.05) is 0 Å². The van der Waals surface area contributed by atoms with Crippen molar-refractivity contribution in [3.05, 3.63) is 0 Å². The van der Waals surface area contributed by atoms with Gasteiger partial charge in [0, 0.05) is 0 Å². The van der Waals surface area contributed by atoms with Crippen LogP contribution in [-0.2, 0) is 9.24 Å². The second kappa shape index (κ2) is 3.09. The molecule has 0 aliphatic carbocycles. The van der Waals surface area contributed by atoms with E-state index in [2.05, 4.69) is 4.67 Å². The minimum atomic E-state index is -4.59. The Balaban J connectivity index is 0. The molecule has 7 heteroatoms. The molecule has 0 saturated carbocycles. The van der Waals surface area contributed by atoms with Crippen LogP contribution in [0.4, 0.5) is 0 Å². The van der Waals surface area contributed by atoms with Gasteiger partial charge in [-0.1, -0.05) is 0 Å². The van der Waals surface area contributed by atoms with Gasteiger partial charge in [0.1, 0.15) is 0 Å². The lowest BCUT2D eigenvalue weighted by Gasteiger charge is -1.90. The van der Waals surface area contributed by atoms with Crippen molar-refractivity contribution < 1.29 is 24.3 Å². The molecular formula is H6NO5P. The minimum absolute atomic E-state index is 0. The maximum absolute atomic E-state index is 9.22. The zero-order valence-electron chi connectivity index (χ0n) is 3.31. The van der Waals surface area contributed by atoms with E-state index in [0.29, 0.717) is 0 Å². The Kier molecular flexibility index (Phi) is 4.46. The Morgan fingerprint density at radius 3 is 1.57 bits per heavy atom. The Bertz CT molecular complexity index is 72.1. The molecule has 6 N–H and O–H groups in total. The molecule has 0 aliphatic heterocycles. The van der Waals surface area contributed by atoms with Crippen LogP contribution < -0.4 is 6.15 Å². The molecule has 0 heterocycles. The third kappa shape index (κ3) is 10.7. The first-order valence-electron chi connectivity index (χ1n) is 0.948. The summed E-state index contributed by atoms with van der Waals surface area (Å²) in [6, 6.07) is 0. The molecule has 0 atom stereocenters. The van der Waals surface area contributed by atoms with Gasteiger partial charge in [0.2, 0.25) is 0 Å². The van der Waals surface area contributed by atoms with Gasteiger partial charge in [0.05, 0.1) is 0 Å². The molecular weight excluding hydrogens is 125 g/mol. The first-order chi connectivity index (χ1) is 2.56. The monoisotopic (exact) mass is 131 g/mol. The summed E-state index contributed by atoms with van der Waals surface area (Å²) in [7, 11) is -4.59. The van der Waals surface area contributed by atoms with Crippen molar-refractivity contribution in [2.75, 3.05) is 0 Å². The van der Waals surface area contributed by atoms with Crippen molar-refractivity contribution in [2.24, 2.45) is 0 Å². The van der Waals surface area contributed by atoms with Crippen LogP contribution in [0.2, 0.25) is 0 Å². The van der Waals surface area contributed by atoms with Gasteiger partial charge in [-0.05, 0) is 0 Å². The molecule has 0 bridgehead atoms. The van der Waals surface area contributed by atoms with E-state index in [1.165, 1.54) is 0 Å². The van der Waals surface area contributed by atoms with E-state index in [9.17, 15) is 4.57 Å². The molecule has 0 radical (unpaired) electrons. The van der Waals surface area contributed by atoms with Gasteiger partial charge in [-0.15, -0.1) is 4.67 Å². The van der Waals surface area contributed by atoms with Crippen LogP contribution in [0.15, 0.2) is 0 Å². The lowest BCUT2D eigenvalue weighted by Crippen LogP contribution is -1.77. The summed E-state index contributed by atoms with van der Waals surface area (Å²) in [6.45, 7) is 0. The molecule has 0 saturated heterocycles. The van der Waals surface area contributed by atoms with Gasteiger partial charge in [0.15, 0.2) is 0 Å². The topological polar surface area (TPSA) is 122 Å². The quantitative estimate of drug-likeness (QED) is 0.220. The highest BCUT2D eigenvalue weighted by Crippen LogP contribution is 2.33. The Morgan fingerprint density at radius 2 is 1.57 bits per heavy atom. The maximum Gasteiger partial charge on any atom is 0.496 e. The van der Waals surface area contributed by atoms with E-state index in [4.69, 9.17) is 15.0 Å². The van der Waals surface area contributed by atoms with Crippen molar-refractivity contribution >= 4 is 7.82 Å². The van der Waals surface area contributed by atoms with Gasteiger partial charge in [0.25, 0.3) is 0 Å². The third-order valence-electron chi connectivity index (χ3n) is 0.106. The summed E-state index contributed by atoms with van der Waals surface area (Å²) in [5, 5.41) is 7.14. The van der Waals surface area contributed by atoms with Crippen molar-refractivity contribution in [1.29, 1.82) is 0 Å². The van der Waals surface area contributed by atoms with Crippen LogP contribution in [0.25, 0.3) is 0 Å². The predicted molar refractivity (Wildman–Crippen MR) is 20.8 cm³/mol. The van der Waals surface area contributed by atoms with Crippen molar-refractivity contribution in [3.8, 4) is 0 Å². The van der Waals surface area contributed by atoms with E-state index < -0.39 is 7.82 Å². The SMILES string of the molecule is N.O=P(O)(O)OO. The second-order valence-electron chi connectivity index (χ2n) is 0.572. The molecule has 0 fully saturated rings. The second-order valence-corrected chi connectivity index (χ2v) is 1.72. The lowest BCUT2D eigenvalue weighted by molar-refractivity contribution is -0.158. The van der Waals surface area contributed by atoms with Crippen LogP contribution in [0.3, 0.4) is 0 Å². The lowest BCUT2D eigenvalue weighted by atomic mass is 14.0. The highest BCUT2D eigenvalue weighted by atomic mass is 31.2. The molecule has 0 spiro atoms. The van der Waals surface area contributed by atoms with Crippen molar-refractivity contribution in [2.45, 2.75) is 0 Å². The fourth-order valence-electron chi connectivity index (χ4n) is 0. The summed E-state index contributed by atoms with van der Waals surface area (Å²) in [5.41, 5.74) is 0. The van der Waals surface area contributed by atoms with Gasteiger partial charge in [-0.25, -0.2) is 9.82 Å². The standard InChI is InChI=1S/H3N.H3O5P/c;1-5-6(2,3)4/h1H3;1H,(H2,2,3,4). The fourth-order valence-corrected chi connectivity index (χ4v) is 0. The van der Waals surface area contributed by atoms with E-state index in [1.54, 1.807) is 0 Å². The molecule has 0 rings (SSSR count). The highest BCUT2D eigenvalue weighted by molar-refractivity contribution is 7.46. The van der Waals surface area contributed by atoms with Crippen molar-refractivity contribution in [1.82, 2.24) is 6.15 Å². The van der Waals surface area contributed by atoms with E-state index in [0.717, 1.165) is 0 Å². The Morgan fingerprint density at radius 1 is 1.43 bits per heavy atom. The predicted octanol–water partition coefficient (Wildman–Crippen LogP) is -0.269. The molecule has 46 valence electrons. The number of hydrogen-bond acceptors (Lipinski definition) is 4. The van der Waals surface area contributed by atoms with Gasteiger partial charge in [-0.3, -0.25) is 0 Å². The fraction of sp³-hybridized carbons (Fsp3) is 0. The zero-order valence-corrected chi connectivity index (χ0v) is 4.21. The van der Waals surface area contributed by atoms with Crippen molar-refractivity contribution in [3.63, 3.8) is 0 Å². The number of rotatable bonds is 1. The average Bonchev–Trinajstić information content (AvgIpc) is 1.35. The summed E-state index contributed by atoms with van der Waals surface area (Å²) in [5.74, 6) is 0.